The van der Waals surface area contributed by atoms with Crippen LogP contribution in [-0.2, 0) is 7.05 Å². The highest BCUT2D eigenvalue weighted by molar-refractivity contribution is 5.65. The van der Waals surface area contributed by atoms with Gasteiger partial charge in [0.25, 0.3) is 0 Å². The lowest BCUT2D eigenvalue weighted by Crippen LogP contribution is -3.00. The predicted molar refractivity (Wildman–Crippen MR) is 79.6 cm³/mol. The Morgan fingerprint density at radius 3 is 2.10 bits per heavy atom. The van der Waals surface area contributed by atoms with E-state index in [4.69, 9.17) is 4.74 Å². The molecule has 3 heteroatoms. The fourth-order valence-electron chi connectivity index (χ4n) is 2.06. The molecule has 0 radical (unpaired) electrons. The number of rotatable bonds is 3. The zero-order chi connectivity index (χ0) is 13.8. The summed E-state index contributed by atoms with van der Waals surface area (Å²) in [5.74, 6) is 1.69. The van der Waals surface area contributed by atoms with E-state index in [1.54, 1.807) is 0 Å². The molecule has 2 nitrogen and oxygen atoms in total. The van der Waals surface area contributed by atoms with Crippen LogP contribution in [0.4, 0.5) is 0 Å². The van der Waals surface area contributed by atoms with Crippen LogP contribution in [0.5, 0.6) is 11.5 Å². The van der Waals surface area contributed by atoms with E-state index in [-0.39, 0.29) is 24.0 Å². The highest BCUT2D eigenvalue weighted by atomic mass is 127. The van der Waals surface area contributed by atoms with Crippen LogP contribution < -0.4 is 33.3 Å². The lowest BCUT2D eigenvalue weighted by Gasteiger charge is -2.07. The van der Waals surface area contributed by atoms with Crippen molar-refractivity contribution in [3.63, 3.8) is 0 Å². The number of hydrogen-bond acceptors (Lipinski definition) is 1. The minimum absolute atomic E-state index is 0. The minimum atomic E-state index is 0. The molecule has 0 atom stereocenters. The summed E-state index contributed by atoms with van der Waals surface area (Å²) in [6.07, 6.45) is 3.94. The Bertz CT molecular complexity index is 696. The fraction of sp³-hybridized carbons (Fsp3) is 0.0556. The zero-order valence-corrected chi connectivity index (χ0v) is 13.9. The Balaban J connectivity index is 0.00000161. The van der Waals surface area contributed by atoms with Crippen molar-refractivity contribution >= 4 is 0 Å². The van der Waals surface area contributed by atoms with Crippen LogP contribution >= 0.6 is 0 Å². The molecular weight excluding hydrogens is 373 g/mol. The van der Waals surface area contributed by atoms with Crippen LogP contribution in [0.2, 0.25) is 0 Å². The van der Waals surface area contributed by atoms with Crippen molar-refractivity contribution in [3.8, 4) is 22.6 Å². The summed E-state index contributed by atoms with van der Waals surface area (Å²) in [5.41, 5.74) is 2.35. The summed E-state index contributed by atoms with van der Waals surface area (Å²) in [6.45, 7) is 0. The third kappa shape index (κ3) is 4.04. The maximum absolute atomic E-state index is 5.88. The number of aryl methyl sites for hydroxylation is 1. The molecule has 3 aromatic rings. The van der Waals surface area contributed by atoms with Gasteiger partial charge >= 0.3 is 0 Å². The van der Waals surface area contributed by atoms with Gasteiger partial charge in [-0.15, -0.1) is 0 Å². The summed E-state index contributed by atoms with van der Waals surface area (Å²) < 4.78 is 7.86. The third-order valence-electron chi connectivity index (χ3n) is 3.12. The van der Waals surface area contributed by atoms with Gasteiger partial charge in [-0.3, -0.25) is 0 Å². The minimum Gasteiger partial charge on any atom is -1.00 e. The highest BCUT2D eigenvalue weighted by Crippen LogP contribution is 2.26. The molecule has 0 saturated heterocycles. The maximum atomic E-state index is 5.88. The van der Waals surface area contributed by atoms with Crippen LogP contribution in [0, 0.1) is 0 Å². The Hall–Kier alpha value is -1.88. The van der Waals surface area contributed by atoms with E-state index in [1.165, 1.54) is 5.56 Å². The van der Waals surface area contributed by atoms with E-state index in [2.05, 4.69) is 24.3 Å². The molecule has 1 aromatic heterocycles. The topological polar surface area (TPSA) is 13.1 Å². The monoisotopic (exact) mass is 389 g/mol. The molecule has 0 unspecified atom stereocenters. The number of nitrogens with zero attached hydrogens (tertiary/aromatic N) is 1. The Labute approximate surface area is 142 Å². The largest absolute Gasteiger partial charge is 1.00 e. The Morgan fingerprint density at radius 2 is 1.38 bits per heavy atom. The van der Waals surface area contributed by atoms with Crippen molar-refractivity contribution in [1.82, 2.24) is 0 Å². The molecule has 3 rings (SSSR count). The van der Waals surface area contributed by atoms with E-state index in [0.717, 1.165) is 17.1 Å². The number of pyridine rings is 1. The highest BCUT2D eigenvalue weighted by Gasteiger charge is 2.02. The first-order valence-corrected chi connectivity index (χ1v) is 6.60. The summed E-state index contributed by atoms with van der Waals surface area (Å²) in [7, 11) is 1.99. The molecule has 21 heavy (non-hydrogen) atoms. The van der Waals surface area contributed by atoms with Gasteiger partial charge in [0.2, 0.25) is 0 Å². The van der Waals surface area contributed by atoms with E-state index >= 15 is 0 Å². The number of ether oxygens (including phenoxy) is 1. The molecule has 0 amide bonds. The molecule has 0 spiro atoms. The van der Waals surface area contributed by atoms with Crippen LogP contribution in [0.25, 0.3) is 11.1 Å². The van der Waals surface area contributed by atoms with Crippen molar-refractivity contribution in [3.05, 3.63) is 79.1 Å². The quantitative estimate of drug-likeness (QED) is 0.481. The molecule has 0 N–H and O–H groups in total. The van der Waals surface area contributed by atoms with Gasteiger partial charge in [0.05, 0.1) is 0 Å². The molecular formula is C18H16INO. The summed E-state index contributed by atoms with van der Waals surface area (Å²) >= 11 is 0. The van der Waals surface area contributed by atoms with E-state index in [1.807, 2.05) is 66.5 Å². The Morgan fingerprint density at radius 1 is 0.714 bits per heavy atom. The van der Waals surface area contributed by atoms with E-state index < -0.39 is 0 Å². The molecule has 2 aromatic carbocycles. The van der Waals surface area contributed by atoms with Crippen molar-refractivity contribution < 1.29 is 33.3 Å². The van der Waals surface area contributed by atoms with Gasteiger partial charge in [0, 0.05) is 12.1 Å². The van der Waals surface area contributed by atoms with Gasteiger partial charge in [0.1, 0.15) is 18.5 Å². The first-order valence-electron chi connectivity index (χ1n) is 6.60. The number of aromatic nitrogens is 1. The van der Waals surface area contributed by atoms with Crippen molar-refractivity contribution in [2.75, 3.05) is 0 Å². The SMILES string of the molecule is C[n+]1ccc(Oc2cccc(-c3ccccc3)c2)cc1.[I-]. The molecule has 1 heterocycles. The van der Waals surface area contributed by atoms with Gasteiger partial charge in [-0.25, -0.2) is 4.57 Å². The van der Waals surface area contributed by atoms with Crippen molar-refractivity contribution in [2.45, 2.75) is 0 Å². The second-order valence-electron chi connectivity index (χ2n) is 4.70. The molecule has 0 aliphatic heterocycles. The number of benzene rings is 2. The smallest absolute Gasteiger partial charge is 0.172 e. The second kappa shape index (κ2) is 7.22. The van der Waals surface area contributed by atoms with Crippen molar-refractivity contribution in [1.29, 1.82) is 0 Å². The van der Waals surface area contributed by atoms with Crippen LogP contribution in [-0.4, -0.2) is 0 Å². The lowest BCUT2D eigenvalue weighted by atomic mass is 10.1. The standard InChI is InChI=1S/C18H16NO.HI/c1-19-12-10-17(11-13-19)20-18-9-5-8-16(14-18)15-6-3-2-4-7-15;/h2-14H,1H3;1H/q+1;/p-1. The van der Waals surface area contributed by atoms with Crippen molar-refractivity contribution in [2.24, 2.45) is 7.05 Å². The second-order valence-corrected chi connectivity index (χ2v) is 4.70. The summed E-state index contributed by atoms with van der Waals surface area (Å²) in [5, 5.41) is 0. The Kier molecular flexibility index (Phi) is 5.33. The molecule has 0 aliphatic carbocycles. The van der Waals surface area contributed by atoms with E-state index in [0.29, 0.717) is 0 Å². The van der Waals surface area contributed by atoms with Gasteiger partial charge in [0.15, 0.2) is 12.4 Å². The molecule has 0 bridgehead atoms. The average Bonchev–Trinajstić information content (AvgIpc) is 2.51. The fourth-order valence-corrected chi connectivity index (χ4v) is 2.06. The zero-order valence-electron chi connectivity index (χ0n) is 11.7. The summed E-state index contributed by atoms with van der Waals surface area (Å²) in [4.78, 5) is 0. The van der Waals surface area contributed by atoms with Gasteiger partial charge < -0.3 is 28.7 Å². The molecule has 0 fully saturated rings. The maximum Gasteiger partial charge on any atom is 0.172 e. The predicted octanol–water partition coefficient (Wildman–Crippen LogP) is 0.974. The van der Waals surface area contributed by atoms with Crippen LogP contribution in [0.1, 0.15) is 0 Å². The normalized spacial score (nSPS) is 9.76. The van der Waals surface area contributed by atoms with Gasteiger partial charge in [-0.2, -0.15) is 0 Å². The van der Waals surface area contributed by atoms with Crippen LogP contribution in [0.15, 0.2) is 79.1 Å². The average molecular weight is 389 g/mol. The number of hydrogen-bond donors (Lipinski definition) is 0. The molecule has 0 aliphatic rings. The molecule has 0 saturated carbocycles. The number of halogens is 1. The van der Waals surface area contributed by atoms with Gasteiger partial charge in [-0.1, -0.05) is 42.5 Å². The lowest BCUT2D eigenvalue weighted by molar-refractivity contribution is -0.671. The first-order chi connectivity index (χ1) is 9.81. The first kappa shape index (κ1) is 15.5. The molecule has 106 valence electrons. The third-order valence-corrected chi connectivity index (χ3v) is 3.12. The summed E-state index contributed by atoms with van der Waals surface area (Å²) in [6, 6.07) is 22.3. The van der Waals surface area contributed by atoms with Gasteiger partial charge in [-0.05, 0) is 23.3 Å². The van der Waals surface area contributed by atoms with Crippen LogP contribution in [0.3, 0.4) is 0 Å². The van der Waals surface area contributed by atoms with E-state index in [9.17, 15) is 0 Å².